The summed E-state index contributed by atoms with van der Waals surface area (Å²) in [5.41, 5.74) is 0. The third-order valence-corrected chi connectivity index (χ3v) is 2.81. The van der Waals surface area contributed by atoms with E-state index in [1.54, 1.807) is 18.5 Å². The SMILES string of the molecule is CCOc1ccccc1OCC(=O)NC(C)c1ncc[nH]1. The maximum Gasteiger partial charge on any atom is 0.258 e. The van der Waals surface area contributed by atoms with Crippen LogP contribution in [0.3, 0.4) is 0 Å². The van der Waals surface area contributed by atoms with Crippen LogP contribution in [0.2, 0.25) is 0 Å². The van der Waals surface area contributed by atoms with Crippen molar-refractivity contribution in [2.45, 2.75) is 19.9 Å². The molecule has 2 rings (SSSR count). The molecule has 0 fully saturated rings. The van der Waals surface area contributed by atoms with Gasteiger partial charge in [0.15, 0.2) is 18.1 Å². The van der Waals surface area contributed by atoms with Crippen molar-refractivity contribution in [3.05, 3.63) is 42.5 Å². The average Bonchev–Trinajstić information content (AvgIpc) is 3.01. The Balaban J connectivity index is 1.86. The molecule has 6 heteroatoms. The molecular weight excluding hydrogens is 270 g/mol. The number of nitrogens with zero attached hydrogens (tertiary/aromatic N) is 1. The number of ether oxygens (including phenoxy) is 2. The van der Waals surface area contributed by atoms with E-state index in [0.717, 1.165) is 0 Å². The Bertz CT molecular complexity index is 569. The Morgan fingerprint density at radius 3 is 2.67 bits per heavy atom. The van der Waals surface area contributed by atoms with E-state index < -0.39 is 0 Å². The first kappa shape index (κ1) is 14.9. The molecule has 0 aliphatic carbocycles. The number of para-hydroxylation sites is 2. The van der Waals surface area contributed by atoms with Gasteiger partial charge in [0.2, 0.25) is 0 Å². The number of carbonyl (C=O) groups is 1. The zero-order valence-corrected chi connectivity index (χ0v) is 12.1. The summed E-state index contributed by atoms with van der Waals surface area (Å²) in [5, 5.41) is 2.81. The highest BCUT2D eigenvalue weighted by molar-refractivity contribution is 5.78. The standard InChI is InChI=1S/C15H19N3O3/c1-3-20-12-6-4-5-7-13(12)21-10-14(19)18-11(2)15-16-8-9-17-15/h4-9,11H,3,10H2,1-2H3,(H,16,17)(H,18,19). The summed E-state index contributed by atoms with van der Waals surface area (Å²) in [6.07, 6.45) is 3.36. The van der Waals surface area contributed by atoms with Crippen LogP contribution in [0.25, 0.3) is 0 Å². The van der Waals surface area contributed by atoms with Crippen LogP contribution in [0.4, 0.5) is 0 Å². The Kier molecular flexibility index (Phi) is 5.20. The van der Waals surface area contributed by atoms with Gasteiger partial charge in [-0.15, -0.1) is 0 Å². The van der Waals surface area contributed by atoms with Gasteiger partial charge < -0.3 is 19.8 Å². The van der Waals surface area contributed by atoms with E-state index in [1.807, 2.05) is 32.0 Å². The Labute approximate surface area is 123 Å². The third kappa shape index (κ3) is 4.24. The van der Waals surface area contributed by atoms with E-state index in [-0.39, 0.29) is 18.6 Å². The second-order valence-corrected chi connectivity index (χ2v) is 4.43. The first-order valence-electron chi connectivity index (χ1n) is 6.84. The van der Waals surface area contributed by atoms with E-state index in [4.69, 9.17) is 9.47 Å². The molecule has 1 aromatic carbocycles. The van der Waals surface area contributed by atoms with Gasteiger partial charge >= 0.3 is 0 Å². The van der Waals surface area contributed by atoms with Crippen molar-refractivity contribution in [1.82, 2.24) is 15.3 Å². The number of hydrogen-bond acceptors (Lipinski definition) is 4. The van der Waals surface area contributed by atoms with E-state index >= 15 is 0 Å². The van der Waals surface area contributed by atoms with Crippen LogP contribution in [0, 0.1) is 0 Å². The molecule has 21 heavy (non-hydrogen) atoms. The van der Waals surface area contributed by atoms with Gasteiger partial charge in [-0.2, -0.15) is 0 Å². The fourth-order valence-corrected chi connectivity index (χ4v) is 1.85. The zero-order valence-electron chi connectivity index (χ0n) is 12.1. The summed E-state index contributed by atoms with van der Waals surface area (Å²) in [6.45, 7) is 4.22. The maximum atomic E-state index is 11.9. The lowest BCUT2D eigenvalue weighted by Gasteiger charge is -2.14. The molecule has 0 radical (unpaired) electrons. The summed E-state index contributed by atoms with van der Waals surface area (Å²) < 4.78 is 10.9. The molecule has 1 aromatic heterocycles. The van der Waals surface area contributed by atoms with E-state index in [2.05, 4.69) is 15.3 Å². The predicted octanol–water partition coefficient (Wildman–Crippen LogP) is 2.06. The van der Waals surface area contributed by atoms with Crippen LogP contribution in [0.15, 0.2) is 36.7 Å². The molecule has 0 aliphatic heterocycles. The third-order valence-electron chi connectivity index (χ3n) is 2.81. The fourth-order valence-electron chi connectivity index (χ4n) is 1.85. The Hall–Kier alpha value is -2.50. The van der Waals surface area contributed by atoms with Crippen molar-refractivity contribution in [2.24, 2.45) is 0 Å². The number of carbonyl (C=O) groups excluding carboxylic acids is 1. The number of amides is 1. The second kappa shape index (κ2) is 7.33. The summed E-state index contributed by atoms with van der Waals surface area (Å²) >= 11 is 0. The van der Waals surface area contributed by atoms with Crippen molar-refractivity contribution in [3.63, 3.8) is 0 Å². The number of imidazole rings is 1. The number of nitrogens with one attached hydrogen (secondary N) is 2. The van der Waals surface area contributed by atoms with Gasteiger partial charge in [0.25, 0.3) is 5.91 Å². The quantitative estimate of drug-likeness (QED) is 0.818. The Morgan fingerprint density at radius 1 is 1.33 bits per heavy atom. The van der Waals surface area contributed by atoms with Crippen LogP contribution in [0.5, 0.6) is 11.5 Å². The van der Waals surface area contributed by atoms with Gasteiger partial charge in [0, 0.05) is 12.4 Å². The van der Waals surface area contributed by atoms with Gasteiger partial charge in [-0.05, 0) is 26.0 Å². The number of aromatic nitrogens is 2. The van der Waals surface area contributed by atoms with Crippen LogP contribution >= 0.6 is 0 Å². The minimum atomic E-state index is -0.217. The molecule has 112 valence electrons. The predicted molar refractivity (Wildman–Crippen MR) is 78.3 cm³/mol. The van der Waals surface area contributed by atoms with Crippen molar-refractivity contribution >= 4 is 5.91 Å². The molecule has 1 atom stereocenters. The van der Waals surface area contributed by atoms with Crippen LogP contribution < -0.4 is 14.8 Å². The lowest BCUT2D eigenvalue weighted by Crippen LogP contribution is -2.31. The molecule has 0 aliphatic rings. The molecule has 0 saturated heterocycles. The lowest BCUT2D eigenvalue weighted by molar-refractivity contribution is -0.123. The molecule has 2 N–H and O–H groups in total. The normalized spacial score (nSPS) is 11.7. The summed E-state index contributed by atoms with van der Waals surface area (Å²) in [4.78, 5) is 18.9. The summed E-state index contributed by atoms with van der Waals surface area (Å²) in [5.74, 6) is 1.68. The summed E-state index contributed by atoms with van der Waals surface area (Å²) in [7, 11) is 0. The first-order chi connectivity index (χ1) is 10.2. The molecule has 0 bridgehead atoms. The van der Waals surface area contributed by atoms with Gasteiger partial charge in [-0.1, -0.05) is 12.1 Å². The highest BCUT2D eigenvalue weighted by atomic mass is 16.5. The number of benzene rings is 1. The molecule has 0 spiro atoms. The summed E-state index contributed by atoms with van der Waals surface area (Å²) in [6, 6.07) is 7.08. The Morgan fingerprint density at radius 2 is 2.05 bits per heavy atom. The topological polar surface area (TPSA) is 76.2 Å². The van der Waals surface area contributed by atoms with E-state index in [0.29, 0.717) is 23.9 Å². The van der Waals surface area contributed by atoms with Gasteiger partial charge in [0.05, 0.1) is 12.6 Å². The fraction of sp³-hybridized carbons (Fsp3) is 0.333. The van der Waals surface area contributed by atoms with E-state index in [9.17, 15) is 4.79 Å². The highest BCUT2D eigenvalue weighted by Gasteiger charge is 2.12. The minimum Gasteiger partial charge on any atom is -0.490 e. The number of aromatic amines is 1. The lowest BCUT2D eigenvalue weighted by atomic mass is 10.3. The smallest absolute Gasteiger partial charge is 0.258 e. The van der Waals surface area contributed by atoms with Crippen LogP contribution in [0.1, 0.15) is 25.7 Å². The van der Waals surface area contributed by atoms with Crippen molar-refractivity contribution in [1.29, 1.82) is 0 Å². The molecule has 6 nitrogen and oxygen atoms in total. The van der Waals surface area contributed by atoms with Gasteiger partial charge in [0.1, 0.15) is 5.82 Å². The second-order valence-electron chi connectivity index (χ2n) is 4.43. The zero-order chi connectivity index (χ0) is 15.1. The van der Waals surface area contributed by atoms with Gasteiger partial charge in [-0.3, -0.25) is 4.79 Å². The minimum absolute atomic E-state index is 0.0743. The molecule has 1 unspecified atom stereocenters. The van der Waals surface area contributed by atoms with Gasteiger partial charge in [-0.25, -0.2) is 4.98 Å². The van der Waals surface area contributed by atoms with Crippen molar-refractivity contribution in [2.75, 3.05) is 13.2 Å². The van der Waals surface area contributed by atoms with E-state index in [1.165, 1.54) is 0 Å². The van der Waals surface area contributed by atoms with Crippen molar-refractivity contribution in [3.8, 4) is 11.5 Å². The molecule has 1 amide bonds. The van der Waals surface area contributed by atoms with Crippen molar-refractivity contribution < 1.29 is 14.3 Å². The molecule has 2 aromatic rings. The van der Waals surface area contributed by atoms with Crippen LogP contribution in [-0.2, 0) is 4.79 Å². The molecule has 0 saturated carbocycles. The maximum absolute atomic E-state index is 11.9. The largest absolute Gasteiger partial charge is 0.490 e. The number of H-pyrrole nitrogens is 1. The average molecular weight is 289 g/mol. The highest BCUT2D eigenvalue weighted by Crippen LogP contribution is 2.26. The molecular formula is C15H19N3O3. The number of hydrogen-bond donors (Lipinski definition) is 2. The number of rotatable bonds is 7. The molecule has 1 heterocycles. The monoisotopic (exact) mass is 289 g/mol. The first-order valence-corrected chi connectivity index (χ1v) is 6.84. The van der Waals surface area contributed by atoms with Crippen LogP contribution in [-0.4, -0.2) is 29.1 Å².